The second-order valence-corrected chi connectivity index (χ2v) is 6.96. The molecule has 1 fully saturated rings. The van der Waals surface area contributed by atoms with Gasteiger partial charge in [-0.25, -0.2) is 4.79 Å². The molecule has 0 saturated carbocycles. The van der Waals surface area contributed by atoms with E-state index in [4.69, 9.17) is 9.47 Å². The Morgan fingerprint density at radius 3 is 2.31 bits per heavy atom. The summed E-state index contributed by atoms with van der Waals surface area (Å²) in [7, 11) is 1.60. The van der Waals surface area contributed by atoms with E-state index < -0.39 is 6.10 Å². The molecule has 26 heavy (non-hydrogen) atoms. The number of carbonyl (C=O) groups excluding carboxylic acids is 1. The molecule has 2 atom stereocenters. The molecule has 136 valence electrons. The van der Waals surface area contributed by atoms with Crippen molar-refractivity contribution in [3.63, 3.8) is 0 Å². The smallest absolute Gasteiger partial charge is 0.410 e. The highest BCUT2D eigenvalue weighted by Gasteiger charge is 2.36. The van der Waals surface area contributed by atoms with Crippen molar-refractivity contribution in [1.82, 2.24) is 4.90 Å². The summed E-state index contributed by atoms with van der Waals surface area (Å²) in [6.45, 7) is 0.991. The fourth-order valence-corrected chi connectivity index (χ4v) is 4.14. The number of hydrogen-bond donors (Lipinski definition) is 1. The standard InChI is InChI=1S/C21H23NO4/c1-25-12-14-10-15(23)11-22(14)21(24)26-13-20-18-8-4-2-6-16(18)17-7-3-5-9-19(17)20/h2-9,14-15,20,23H,10-13H2,1H3/t14-,15-/m0/s1. The summed E-state index contributed by atoms with van der Waals surface area (Å²) in [5.74, 6) is 0.0414. The Bertz CT molecular complexity index is 761. The molecule has 4 rings (SSSR count). The van der Waals surface area contributed by atoms with Crippen LogP contribution in [0.15, 0.2) is 48.5 Å². The minimum absolute atomic E-state index is 0.0414. The molecule has 0 unspecified atom stereocenters. The van der Waals surface area contributed by atoms with E-state index in [9.17, 15) is 9.90 Å². The molecule has 1 saturated heterocycles. The normalized spacial score (nSPS) is 21.5. The SMILES string of the molecule is COC[C@@H]1C[C@H](O)CN1C(=O)OCC1c2ccccc2-c2ccccc21. The maximum absolute atomic E-state index is 12.6. The van der Waals surface area contributed by atoms with Gasteiger partial charge in [-0.05, 0) is 28.7 Å². The number of nitrogens with zero attached hydrogens (tertiary/aromatic N) is 1. The third-order valence-electron chi connectivity index (χ3n) is 5.32. The number of rotatable bonds is 4. The number of amides is 1. The lowest BCUT2D eigenvalue weighted by atomic mass is 9.98. The van der Waals surface area contributed by atoms with Gasteiger partial charge in [0.25, 0.3) is 0 Å². The van der Waals surface area contributed by atoms with E-state index in [1.165, 1.54) is 22.3 Å². The quantitative estimate of drug-likeness (QED) is 0.918. The summed E-state index contributed by atoms with van der Waals surface area (Å²) in [4.78, 5) is 14.2. The number of methoxy groups -OCH3 is 1. The third-order valence-corrected chi connectivity index (χ3v) is 5.32. The average Bonchev–Trinajstić information content (AvgIpc) is 3.18. The van der Waals surface area contributed by atoms with Gasteiger partial charge in [0.15, 0.2) is 0 Å². The molecule has 1 heterocycles. The highest BCUT2D eigenvalue weighted by atomic mass is 16.6. The van der Waals surface area contributed by atoms with Crippen molar-refractivity contribution in [3.05, 3.63) is 59.7 Å². The number of aliphatic hydroxyl groups excluding tert-OH is 1. The second-order valence-electron chi connectivity index (χ2n) is 6.96. The van der Waals surface area contributed by atoms with Crippen LogP contribution in [0.2, 0.25) is 0 Å². The van der Waals surface area contributed by atoms with Gasteiger partial charge < -0.3 is 19.5 Å². The van der Waals surface area contributed by atoms with Crippen LogP contribution in [0.3, 0.4) is 0 Å². The molecule has 2 aliphatic rings. The summed E-state index contributed by atoms with van der Waals surface area (Å²) in [5, 5.41) is 9.88. The zero-order chi connectivity index (χ0) is 18.1. The number of aliphatic hydroxyl groups is 1. The molecule has 0 aromatic heterocycles. The number of carbonyl (C=O) groups is 1. The molecule has 1 aliphatic carbocycles. The minimum atomic E-state index is -0.518. The topological polar surface area (TPSA) is 59.0 Å². The molecule has 1 N–H and O–H groups in total. The zero-order valence-electron chi connectivity index (χ0n) is 14.8. The van der Waals surface area contributed by atoms with Crippen LogP contribution in [0.1, 0.15) is 23.5 Å². The van der Waals surface area contributed by atoms with E-state index in [0.29, 0.717) is 26.2 Å². The van der Waals surface area contributed by atoms with Crippen LogP contribution in [0.4, 0.5) is 4.79 Å². The molecule has 2 aromatic carbocycles. The molecule has 0 spiro atoms. The van der Waals surface area contributed by atoms with Crippen LogP contribution >= 0.6 is 0 Å². The van der Waals surface area contributed by atoms with Crippen molar-refractivity contribution in [2.24, 2.45) is 0 Å². The molecule has 2 aromatic rings. The fraction of sp³-hybridized carbons (Fsp3) is 0.381. The maximum Gasteiger partial charge on any atom is 0.410 e. The van der Waals surface area contributed by atoms with E-state index in [0.717, 1.165) is 0 Å². The van der Waals surface area contributed by atoms with E-state index in [1.807, 2.05) is 24.3 Å². The largest absolute Gasteiger partial charge is 0.448 e. The van der Waals surface area contributed by atoms with Gasteiger partial charge in [0.05, 0.1) is 25.3 Å². The van der Waals surface area contributed by atoms with Crippen LogP contribution in [0.5, 0.6) is 0 Å². The van der Waals surface area contributed by atoms with Crippen LogP contribution in [-0.4, -0.2) is 55.1 Å². The van der Waals surface area contributed by atoms with Crippen LogP contribution < -0.4 is 0 Å². The van der Waals surface area contributed by atoms with Crippen molar-refractivity contribution in [2.75, 3.05) is 26.9 Å². The highest BCUT2D eigenvalue weighted by molar-refractivity contribution is 5.79. The maximum atomic E-state index is 12.6. The third kappa shape index (κ3) is 2.97. The van der Waals surface area contributed by atoms with Gasteiger partial charge in [0.2, 0.25) is 0 Å². The van der Waals surface area contributed by atoms with Crippen molar-refractivity contribution < 1.29 is 19.4 Å². The van der Waals surface area contributed by atoms with Crippen molar-refractivity contribution in [1.29, 1.82) is 0 Å². The molecule has 0 radical (unpaired) electrons. The first-order valence-corrected chi connectivity index (χ1v) is 8.97. The van der Waals surface area contributed by atoms with Crippen LogP contribution in [-0.2, 0) is 9.47 Å². The number of benzene rings is 2. The second kappa shape index (κ2) is 7.09. The predicted octanol–water partition coefficient (Wildman–Crippen LogP) is 3.02. The van der Waals surface area contributed by atoms with E-state index in [2.05, 4.69) is 24.3 Å². The summed E-state index contributed by atoms with van der Waals surface area (Å²) in [5.41, 5.74) is 4.80. The zero-order valence-corrected chi connectivity index (χ0v) is 14.8. The lowest BCUT2D eigenvalue weighted by Crippen LogP contribution is -2.39. The Morgan fingerprint density at radius 2 is 1.69 bits per heavy atom. The van der Waals surface area contributed by atoms with Crippen LogP contribution in [0, 0.1) is 0 Å². The lowest BCUT2D eigenvalue weighted by Gasteiger charge is -2.24. The van der Waals surface area contributed by atoms with Gasteiger partial charge in [-0.2, -0.15) is 0 Å². The molecule has 5 nitrogen and oxygen atoms in total. The molecule has 5 heteroatoms. The Kier molecular flexibility index (Phi) is 4.66. The number of β-amino-alcohol motifs (C(OH)–C–C–N with tert-alkyl or cyclic N) is 1. The van der Waals surface area contributed by atoms with Crippen molar-refractivity contribution >= 4 is 6.09 Å². The Balaban J connectivity index is 1.50. The molecule has 1 amide bonds. The predicted molar refractivity (Wildman–Crippen MR) is 98.1 cm³/mol. The van der Waals surface area contributed by atoms with Crippen LogP contribution in [0.25, 0.3) is 11.1 Å². The first kappa shape index (κ1) is 17.1. The average molecular weight is 353 g/mol. The summed E-state index contributed by atoms with van der Waals surface area (Å²) >= 11 is 0. The summed E-state index contributed by atoms with van der Waals surface area (Å²) < 4.78 is 10.8. The van der Waals surface area contributed by atoms with E-state index >= 15 is 0 Å². The number of ether oxygens (including phenoxy) is 2. The number of likely N-dealkylation sites (tertiary alicyclic amines) is 1. The van der Waals surface area contributed by atoms with Gasteiger partial charge in [0.1, 0.15) is 6.61 Å². The van der Waals surface area contributed by atoms with Crippen molar-refractivity contribution in [3.8, 4) is 11.1 Å². The number of hydrogen-bond acceptors (Lipinski definition) is 4. The first-order chi connectivity index (χ1) is 12.7. The fourth-order valence-electron chi connectivity index (χ4n) is 4.14. The van der Waals surface area contributed by atoms with E-state index in [1.54, 1.807) is 12.0 Å². The number of fused-ring (bicyclic) bond motifs is 3. The summed E-state index contributed by atoms with van der Waals surface area (Å²) in [6, 6.07) is 16.4. The molecular formula is C21H23NO4. The summed E-state index contributed by atoms with van der Waals surface area (Å²) in [6.07, 6.45) is -0.376. The first-order valence-electron chi connectivity index (χ1n) is 8.97. The van der Waals surface area contributed by atoms with Gasteiger partial charge in [0, 0.05) is 13.0 Å². The molecule has 1 aliphatic heterocycles. The highest BCUT2D eigenvalue weighted by Crippen LogP contribution is 2.44. The lowest BCUT2D eigenvalue weighted by molar-refractivity contribution is 0.0715. The molecule has 0 bridgehead atoms. The Labute approximate surface area is 153 Å². The minimum Gasteiger partial charge on any atom is -0.448 e. The van der Waals surface area contributed by atoms with Gasteiger partial charge in [-0.15, -0.1) is 0 Å². The molecular weight excluding hydrogens is 330 g/mol. The van der Waals surface area contributed by atoms with E-state index in [-0.39, 0.29) is 18.1 Å². The monoisotopic (exact) mass is 353 g/mol. The van der Waals surface area contributed by atoms with Gasteiger partial charge in [-0.1, -0.05) is 48.5 Å². The van der Waals surface area contributed by atoms with Gasteiger partial charge in [-0.3, -0.25) is 0 Å². The van der Waals surface area contributed by atoms with Gasteiger partial charge >= 0.3 is 6.09 Å². The Morgan fingerprint density at radius 1 is 1.08 bits per heavy atom. The Hall–Kier alpha value is -2.37. The van der Waals surface area contributed by atoms with Crippen molar-refractivity contribution in [2.45, 2.75) is 24.5 Å².